The fourth-order valence-electron chi connectivity index (χ4n) is 2.37. The monoisotopic (exact) mass is 320 g/mol. The average molecular weight is 320 g/mol. The van der Waals surface area contributed by atoms with Crippen LogP contribution in [0.1, 0.15) is 21.5 Å². The molecule has 0 unspecified atom stereocenters. The van der Waals surface area contributed by atoms with Gasteiger partial charge in [-0.1, -0.05) is 29.8 Å². The van der Waals surface area contributed by atoms with Gasteiger partial charge in [-0.15, -0.1) is 0 Å². The number of carbonyl (C=O) groups excluding carboxylic acids is 1. The average Bonchev–Trinajstić information content (AvgIpc) is 2.58. The number of nitrogens with one attached hydrogen (secondary N) is 1. The highest BCUT2D eigenvalue weighted by molar-refractivity contribution is 6.02. The lowest BCUT2D eigenvalue weighted by molar-refractivity contribution is 0.102. The number of hydrogen-bond donors (Lipinski definition) is 1. The van der Waals surface area contributed by atoms with Crippen LogP contribution in [0.5, 0.6) is 0 Å². The molecule has 2 aromatic heterocycles. The van der Waals surface area contributed by atoms with Crippen LogP contribution in [0.4, 0.5) is 5.95 Å². The van der Waals surface area contributed by atoms with Gasteiger partial charge in [-0.25, -0.2) is 9.97 Å². The van der Waals surface area contributed by atoms with E-state index in [1.165, 1.54) is 23.0 Å². The Hall–Kier alpha value is -3.28. The summed E-state index contributed by atoms with van der Waals surface area (Å²) in [5, 5.41) is 2.52. The standard InChI is InChI=1S/C18H16N4O2/c1-13-5-2-6-14(11-13)12-22-10-3-7-15(17(22)24)16(23)21-18-19-8-4-9-20-18/h2-11H,12H2,1H3,(H,19,20,21,23). The van der Waals surface area contributed by atoms with Crippen LogP contribution < -0.4 is 10.9 Å². The molecule has 120 valence electrons. The van der Waals surface area contributed by atoms with Crippen LogP contribution in [0.25, 0.3) is 0 Å². The van der Waals surface area contributed by atoms with Crippen molar-refractivity contribution in [3.8, 4) is 0 Å². The predicted octanol–water partition coefficient (Wildman–Crippen LogP) is 2.25. The zero-order valence-corrected chi connectivity index (χ0v) is 13.1. The van der Waals surface area contributed by atoms with Crippen LogP contribution in [-0.2, 0) is 6.54 Å². The van der Waals surface area contributed by atoms with E-state index in [9.17, 15) is 9.59 Å². The maximum Gasteiger partial charge on any atom is 0.263 e. The molecule has 0 saturated heterocycles. The summed E-state index contributed by atoms with van der Waals surface area (Å²) in [6.07, 6.45) is 4.70. The van der Waals surface area contributed by atoms with E-state index in [2.05, 4.69) is 15.3 Å². The van der Waals surface area contributed by atoms with Gasteiger partial charge in [0.15, 0.2) is 0 Å². The number of rotatable bonds is 4. The normalized spacial score (nSPS) is 10.4. The molecule has 24 heavy (non-hydrogen) atoms. The molecule has 0 bridgehead atoms. The topological polar surface area (TPSA) is 76.9 Å². The first kappa shape index (κ1) is 15.6. The van der Waals surface area contributed by atoms with E-state index in [0.29, 0.717) is 6.54 Å². The lowest BCUT2D eigenvalue weighted by atomic mass is 10.1. The predicted molar refractivity (Wildman–Crippen MR) is 91.0 cm³/mol. The van der Waals surface area contributed by atoms with Gasteiger partial charge in [-0.05, 0) is 30.7 Å². The lowest BCUT2D eigenvalue weighted by Gasteiger charge is -2.09. The van der Waals surface area contributed by atoms with Gasteiger partial charge >= 0.3 is 0 Å². The van der Waals surface area contributed by atoms with Crippen molar-refractivity contribution in [3.63, 3.8) is 0 Å². The second-order valence-electron chi connectivity index (χ2n) is 5.37. The molecule has 0 aliphatic rings. The van der Waals surface area contributed by atoms with Crippen LogP contribution in [-0.4, -0.2) is 20.4 Å². The van der Waals surface area contributed by atoms with Gasteiger partial charge in [0.1, 0.15) is 5.56 Å². The number of aryl methyl sites for hydroxylation is 1. The summed E-state index contributed by atoms with van der Waals surface area (Å²) in [6, 6.07) is 12.7. The van der Waals surface area contributed by atoms with Gasteiger partial charge in [0.2, 0.25) is 5.95 Å². The van der Waals surface area contributed by atoms with Crippen molar-refractivity contribution in [1.29, 1.82) is 0 Å². The van der Waals surface area contributed by atoms with E-state index in [1.807, 2.05) is 31.2 Å². The molecule has 0 radical (unpaired) electrons. The third kappa shape index (κ3) is 3.55. The number of carbonyl (C=O) groups is 1. The first-order chi connectivity index (χ1) is 11.6. The second-order valence-corrected chi connectivity index (χ2v) is 5.37. The minimum Gasteiger partial charge on any atom is -0.310 e. The van der Waals surface area contributed by atoms with Crippen LogP contribution in [0.15, 0.2) is 65.8 Å². The Morgan fingerprint density at radius 2 is 1.92 bits per heavy atom. The number of amides is 1. The Bertz CT molecular complexity index is 920. The fourth-order valence-corrected chi connectivity index (χ4v) is 2.37. The van der Waals surface area contributed by atoms with E-state index in [-0.39, 0.29) is 17.1 Å². The molecule has 0 aliphatic carbocycles. The van der Waals surface area contributed by atoms with Crippen LogP contribution in [0.3, 0.4) is 0 Å². The molecule has 1 aromatic carbocycles. The minimum absolute atomic E-state index is 0.0533. The maximum atomic E-state index is 12.6. The molecule has 1 N–H and O–H groups in total. The van der Waals surface area contributed by atoms with Crippen molar-refractivity contribution >= 4 is 11.9 Å². The van der Waals surface area contributed by atoms with Crippen molar-refractivity contribution in [2.75, 3.05) is 5.32 Å². The first-order valence-corrected chi connectivity index (χ1v) is 7.47. The van der Waals surface area contributed by atoms with Gasteiger partial charge in [0.05, 0.1) is 6.54 Å². The summed E-state index contributed by atoms with van der Waals surface area (Å²) in [5.41, 5.74) is 1.82. The Morgan fingerprint density at radius 3 is 2.67 bits per heavy atom. The smallest absolute Gasteiger partial charge is 0.263 e. The molecule has 2 heterocycles. The highest BCUT2D eigenvalue weighted by atomic mass is 16.2. The first-order valence-electron chi connectivity index (χ1n) is 7.47. The number of aromatic nitrogens is 3. The maximum absolute atomic E-state index is 12.6. The number of nitrogens with zero attached hydrogens (tertiary/aromatic N) is 3. The number of pyridine rings is 1. The van der Waals surface area contributed by atoms with Gasteiger partial charge in [-0.2, -0.15) is 0 Å². The molecule has 3 aromatic rings. The van der Waals surface area contributed by atoms with E-state index in [4.69, 9.17) is 0 Å². The molecule has 6 heteroatoms. The van der Waals surface area contributed by atoms with E-state index >= 15 is 0 Å². The highest BCUT2D eigenvalue weighted by Crippen LogP contribution is 2.06. The number of hydrogen-bond acceptors (Lipinski definition) is 4. The fraction of sp³-hybridized carbons (Fsp3) is 0.111. The molecule has 0 spiro atoms. The molecule has 6 nitrogen and oxygen atoms in total. The molecule has 1 amide bonds. The van der Waals surface area contributed by atoms with E-state index in [0.717, 1.165) is 11.1 Å². The molecule has 0 fully saturated rings. The lowest BCUT2D eigenvalue weighted by Crippen LogP contribution is -2.29. The summed E-state index contributed by atoms with van der Waals surface area (Å²) < 4.78 is 1.51. The third-order valence-electron chi connectivity index (χ3n) is 3.49. The van der Waals surface area contributed by atoms with Crippen LogP contribution >= 0.6 is 0 Å². The molecular formula is C18H16N4O2. The van der Waals surface area contributed by atoms with Crippen molar-refractivity contribution in [1.82, 2.24) is 14.5 Å². The van der Waals surface area contributed by atoms with Gasteiger partial charge in [-0.3, -0.25) is 14.9 Å². The number of benzene rings is 1. The van der Waals surface area contributed by atoms with Gasteiger partial charge in [0.25, 0.3) is 11.5 Å². The molecular weight excluding hydrogens is 304 g/mol. The summed E-state index contributed by atoms with van der Waals surface area (Å²) in [5.74, 6) is -0.360. The zero-order chi connectivity index (χ0) is 16.9. The largest absolute Gasteiger partial charge is 0.310 e. The SMILES string of the molecule is Cc1cccc(Cn2cccc(C(=O)Nc3ncccn3)c2=O)c1. The summed E-state index contributed by atoms with van der Waals surface area (Å²) >= 11 is 0. The van der Waals surface area contributed by atoms with E-state index in [1.54, 1.807) is 18.3 Å². The zero-order valence-electron chi connectivity index (χ0n) is 13.1. The van der Waals surface area contributed by atoms with Crippen molar-refractivity contribution < 1.29 is 4.79 Å². The van der Waals surface area contributed by atoms with Crippen molar-refractivity contribution in [3.05, 3.63) is 88.1 Å². The molecule has 0 saturated carbocycles. The third-order valence-corrected chi connectivity index (χ3v) is 3.49. The van der Waals surface area contributed by atoms with Crippen LogP contribution in [0.2, 0.25) is 0 Å². The van der Waals surface area contributed by atoms with Crippen molar-refractivity contribution in [2.45, 2.75) is 13.5 Å². The summed E-state index contributed by atoms with van der Waals surface area (Å²) in [6.45, 7) is 2.40. The highest BCUT2D eigenvalue weighted by Gasteiger charge is 2.13. The Labute approximate surface area is 138 Å². The van der Waals surface area contributed by atoms with Gasteiger partial charge in [0, 0.05) is 18.6 Å². The van der Waals surface area contributed by atoms with Crippen molar-refractivity contribution in [2.24, 2.45) is 0 Å². The Balaban J connectivity index is 1.85. The molecule has 0 aliphatic heterocycles. The number of anilines is 1. The summed E-state index contributed by atoms with van der Waals surface area (Å²) in [4.78, 5) is 32.7. The Morgan fingerprint density at radius 1 is 1.12 bits per heavy atom. The van der Waals surface area contributed by atoms with Crippen LogP contribution in [0, 0.1) is 6.92 Å². The summed E-state index contributed by atoms with van der Waals surface area (Å²) in [7, 11) is 0. The Kier molecular flexibility index (Phi) is 4.47. The van der Waals surface area contributed by atoms with Gasteiger partial charge < -0.3 is 4.57 Å². The minimum atomic E-state index is -0.523. The molecule has 0 atom stereocenters. The second kappa shape index (κ2) is 6.87. The van der Waals surface area contributed by atoms with E-state index < -0.39 is 5.91 Å². The quantitative estimate of drug-likeness (QED) is 0.800. The molecule has 3 rings (SSSR count).